The molecule has 1 aliphatic rings. The van der Waals surface area contributed by atoms with E-state index in [2.05, 4.69) is 0 Å². The summed E-state index contributed by atoms with van der Waals surface area (Å²) in [5, 5.41) is 40.5. The van der Waals surface area contributed by atoms with E-state index >= 15 is 0 Å². The van der Waals surface area contributed by atoms with Gasteiger partial charge in [-0.05, 0) is 41.8 Å². The van der Waals surface area contributed by atoms with E-state index in [-0.39, 0.29) is 5.92 Å². The van der Waals surface area contributed by atoms with Crippen LogP contribution in [0.25, 0.3) is 0 Å². The fraction of sp³-hybridized carbons (Fsp3) is 0.455. The predicted molar refractivity (Wildman–Crippen MR) is 109 cm³/mol. The Hall–Kier alpha value is -1.67. The van der Waals surface area contributed by atoms with Gasteiger partial charge >= 0.3 is 0 Å². The summed E-state index contributed by atoms with van der Waals surface area (Å²) < 4.78 is 11.2. The van der Waals surface area contributed by atoms with Crippen LogP contribution in [-0.2, 0) is 4.74 Å². The van der Waals surface area contributed by atoms with Gasteiger partial charge in [-0.25, -0.2) is 0 Å². The van der Waals surface area contributed by atoms with Gasteiger partial charge in [0.15, 0.2) is 0 Å². The molecule has 2 aromatic carbocycles. The van der Waals surface area contributed by atoms with E-state index in [4.69, 9.17) is 21.1 Å². The molecule has 1 unspecified atom stereocenters. The van der Waals surface area contributed by atoms with Gasteiger partial charge in [0, 0.05) is 10.9 Å². The van der Waals surface area contributed by atoms with Crippen molar-refractivity contribution in [2.24, 2.45) is 0 Å². The second-order valence-corrected chi connectivity index (χ2v) is 7.66. The molecule has 0 bridgehead atoms. The van der Waals surface area contributed by atoms with E-state index in [9.17, 15) is 20.4 Å². The summed E-state index contributed by atoms with van der Waals surface area (Å²) in [6, 6.07) is 13.0. The van der Waals surface area contributed by atoms with Gasteiger partial charge in [-0.1, -0.05) is 42.8 Å². The monoisotopic (exact) mass is 422 g/mol. The number of halogens is 1. The Bertz CT molecular complexity index is 809. The minimum absolute atomic E-state index is 0.0389. The van der Waals surface area contributed by atoms with E-state index < -0.39 is 37.1 Å². The molecule has 7 heteroatoms. The molecular formula is C22H27ClO6. The molecule has 2 aromatic rings. The summed E-state index contributed by atoms with van der Waals surface area (Å²) in [5.41, 5.74) is 2.49. The van der Waals surface area contributed by atoms with Crippen molar-refractivity contribution in [1.82, 2.24) is 0 Å². The van der Waals surface area contributed by atoms with E-state index in [1.165, 1.54) is 0 Å². The van der Waals surface area contributed by atoms with Gasteiger partial charge < -0.3 is 29.9 Å². The topological polar surface area (TPSA) is 99.4 Å². The molecule has 4 N–H and O–H groups in total. The smallest absolute Gasteiger partial charge is 0.119 e. The number of aliphatic hydroxyl groups is 4. The zero-order chi connectivity index (χ0) is 21.1. The van der Waals surface area contributed by atoms with Gasteiger partial charge in [-0.2, -0.15) is 0 Å². The van der Waals surface area contributed by atoms with Crippen molar-refractivity contribution < 1.29 is 29.9 Å². The van der Waals surface area contributed by atoms with E-state index in [0.29, 0.717) is 17.2 Å². The number of hydrogen-bond acceptors (Lipinski definition) is 6. The van der Waals surface area contributed by atoms with Gasteiger partial charge in [0.2, 0.25) is 0 Å². The van der Waals surface area contributed by atoms with Crippen LogP contribution in [0.4, 0.5) is 0 Å². The highest BCUT2D eigenvalue weighted by atomic mass is 35.5. The highest BCUT2D eigenvalue weighted by Crippen LogP contribution is 2.37. The maximum absolute atomic E-state index is 10.4. The van der Waals surface area contributed by atoms with Gasteiger partial charge in [0.05, 0.1) is 13.2 Å². The molecule has 1 saturated heterocycles. The Kier molecular flexibility index (Phi) is 7.16. The Balaban J connectivity index is 1.89. The Morgan fingerprint density at radius 1 is 1.03 bits per heavy atom. The van der Waals surface area contributed by atoms with Gasteiger partial charge in [0.25, 0.3) is 0 Å². The zero-order valence-electron chi connectivity index (χ0n) is 16.4. The Labute approximate surface area is 175 Å². The van der Waals surface area contributed by atoms with Crippen LogP contribution in [0.3, 0.4) is 0 Å². The van der Waals surface area contributed by atoms with Crippen molar-refractivity contribution >= 4 is 11.6 Å². The Morgan fingerprint density at radius 3 is 2.34 bits per heavy atom. The fourth-order valence-corrected chi connectivity index (χ4v) is 3.93. The summed E-state index contributed by atoms with van der Waals surface area (Å²) in [6.07, 6.45) is -5.99. The Morgan fingerprint density at radius 2 is 1.72 bits per heavy atom. The lowest BCUT2D eigenvalue weighted by Crippen LogP contribution is -2.55. The molecule has 0 spiro atoms. The van der Waals surface area contributed by atoms with E-state index in [1.807, 2.05) is 44.2 Å². The minimum atomic E-state index is -1.42. The van der Waals surface area contributed by atoms with Crippen molar-refractivity contribution in [3.63, 3.8) is 0 Å². The predicted octanol–water partition coefficient (Wildman–Crippen LogP) is 2.41. The van der Waals surface area contributed by atoms with Gasteiger partial charge in [0.1, 0.15) is 36.3 Å². The molecule has 0 amide bonds. The summed E-state index contributed by atoms with van der Waals surface area (Å²) in [7, 11) is 0. The molecule has 3 rings (SSSR count). The van der Waals surface area contributed by atoms with Crippen molar-refractivity contribution in [1.29, 1.82) is 0 Å². The molecule has 1 aliphatic heterocycles. The number of rotatable bonds is 6. The first-order chi connectivity index (χ1) is 13.9. The van der Waals surface area contributed by atoms with E-state index in [1.54, 1.807) is 12.1 Å². The van der Waals surface area contributed by atoms with Gasteiger partial charge in [-0.3, -0.25) is 0 Å². The third-order valence-electron chi connectivity index (χ3n) is 5.40. The first-order valence-corrected chi connectivity index (χ1v) is 10.1. The summed E-state index contributed by atoms with van der Waals surface area (Å²) >= 11 is 6.45. The lowest BCUT2D eigenvalue weighted by molar-refractivity contribution is -0.231. The van der Waals surface area contributed by atoms with Crippen LogP contribution in [0.1, 0.15) is 42.6 Å². The highest BCUT2D eigenvalue weighted by Gasteiger charge is 2.44. The highest BCUT2D eigenvalue weighted by molar-refractivity contribution is 6.31. The first kappa shape index (κ1) is 22.0. The average Bonchev–Trinajstić information content (AvgIpc) is 2.73. The average molecular weight is 423 g/mol. The molecule has 0 saturated carbocycles. The van der Waals surface area contributed by atoms with Crippen LogP contribution >= 0.6 is 11.6 Å². The number of benzene rings is 2. The van der Waals surface area contributed by atoms with Crippen molar-refractivity contribution in [2.45, 2.75) is 50.3 Å². The zero-order valence-corrected chi connectivity index (χ0v) is 17.2. The van der Waals surface area contributed by atoms with Crippen LogP contribution in [-0.4, -0.2) is 58.1 Å². The molecule has 6 nitrogen and oxygen atoms in total. The van der Waals surface area contributed by atoms with Crippen LogP contribution in [0.5, 0.6) is 5.75 Å². The molecule has 1 heterocycles. The van der Waals surface area contributed by atoms with Crippen molar-refractivity contribution in [3.8, 4) is 5.75 Å². The molecular weight excluding hydrogens is 396 g/mol. The molecule has 29 heavy (non-hydrogen) atoms. The van der Waals surface area contributed by atoms with Crippen LogP contribution < -0.4 is 4.74 Å². The number of aliphatic hydroxyl groups excluding tert-OH is 4. The molecule has 0 aromatic heterocycles. The number of hydrogen-bond donors (Lipinski definition) is 4. The SMILES string of the molecule is CCOc1ccc(C(C)c2cc([C@@H]3O[C@H](CO)[C@@H](O)[C@H](O)[C@H]3O)ccc2Cl)cc1. The number of ether oxygens (including phenoxy) is 2. The van der Waals surface area contributed by atoms with E-state index in [0.717, 1.165) is 16.9 Å². The maximum Gasteiger partial charge on any atom is 0.119 e. The molecule has 158 valence electrons. The summed E-state index contributed by atoms with van der Waals surface area (Å²) in [6.45, 7) is 4.08. The second-order valence-electron chi connectivity index (χ2n) is 7.25. The van der Waals surface area contributed by atoms with Crippen molar-refractivity contribution in [2.75, 3.05) is 13.2 Å². The van der Waals surface area contributed by atoms with Crippen LogP contribution in [0.15, 0.2) is 42.5 Å². The molecule has 1 fully saturated rings. The lowest BCUT2D eigenvalue weighted by atomic mass is 9.87. The summed E-state index contributed by atoms with van der Waals surface area (Å²) in [5.74, 6) is 0.757. The summed E-state index contributed by atoms with van der Waals surface area (Å²) in [4.78, 5) is 0. The lowest BCUT2D eigenvalue weighted by Gasteiger charge is -2.40. The third-order valence-corrected chi connectivity index (χ3v) is 5.74. The third kappa shape index (κ3) is 4.58. The van der Waals surface area contributed by atoms with Crippen LogP contribution in [0, 0.1) is 0 Å². The van der Waals surface area contributed by atoms with Crippen LogP contribution in [0.2, 0.25) is 5.02 Å². The maximum atomic E-state index is 10.4. The van der Waals surface area contributed by atoms with Crippen molar-refractivity contribution in [3.05, 3.63) is 64.2 Å². The minimum Gasteiger partial charge on any atom is -0.494 e. The van der Waals surface area contributed by atoms with Gasteiger partial charge in [-0.15, -0.1) is 0 Å². The molecule has 0 radical (unpaired) electrons. The quantitative estimate of drug-likeness (QED) is 0.570. The normalized spacial score (nSPS) is 28.2. The molecule has 0 aliphatic carbocycles. The standard InChI is InChI=1S/C22H27ClO6/c1-3-28-15-7-4-13(5-8-15)12(2)16-10-14(6-9-17(16)23)22-21(27)20(26)19(25)18(11-24)29-22/h4-10,12,18-22,24-27H,3,11H2,1-2H3/t12?,18-,19-,20+,21-,22+/m1/s1. The first-order valence-electron chi connectivity index (χ1n) is 9.70. The molecule has 6 atom stereocenters. The second kappa shape index (κ2) is 9.43. The largest absolute Gasteiger partial charge is 0.494 e. The fourth-order valence-electron chi connectivity index (χ4n) is 3.65.